The van der Waals surface area contributed by atoms with E-state index in [0.717, 1.165) is 6.07 Å². The van der Waals surface area contributed by atoms with Crippen LogP contribution in [0.15, 0.2) is 59.8 Å². The molecule has 0 bridgehead atoms. The molecule has 2 aromatic heterocycles. The second kappa shape index (κ2) is 7.05. The van der Waals surface area contributed by atoms with Gasteiger partial charge in [0.25, 0.3) is 0 Å². The zero-order valence-electron chi connectivity index (χ0n) is 14.3. The minimum atomic E-state index is -3.85. The van der Waals surface area contributed by atoms with E-state index in [1.54, 1.807) is 29.2 Å². The topological polar surface area (TPSA) is 84.2 Å². The lowest BCUT2D eigenvalue weighted by Gasteiger charge is -2.34. The second-order valence-electron chi connectivity index (χ2n) is 6.02. The van der Waals surface area contributed by atoms with E-state index in [1.165, 1.54) is 22.5 Å². The highest BCUT2D eigenvalue weighted by Crippen LogP contribution is 2.22. The minimum absolute atomic E-state index is 0.249. The van der Waals surface area contributed by atoms with Gasteiger partial charge in [-0.15, -0.1) is 10.2 Å². The summed E-state index contributed by atoms with van der Waals surface area (Å²) in [6.07, 6.45) is 3.43. The maximum atomic E-state index is 13.9. The number of hydrogen-bond acceptors (Lipinski definition) is 6. The Kier molecular flexibility index (Phi) is 4.58. The number of nitrogens with zero attached hydrogens (tertiary/aromatic N) is 6. The number of hydrogen-bond donors (Lipinski definition) is 0. The van der Waals surface area contributed by atoms with E-state index >= 15 is 0 Å². The van der Waals surface area contributed by atoms with Crippen LogP contribution >= 0.6 is 0 Å². The number of piperazine rings is 1. The summed E-state index contributed by atoms with van der Waals surface area (Å²) in [7, 11) is -3.85. The van der Waals surface area contributed by atoms with Crippen LogP contribution in [0.2, 0.25) is 0 Å². The molecule has 1 aliphatic heterocycles. The van der Waals surface area contributed by atoms with Crippen LogP contribution in [-0.2, 0) is 10.0 Å². The van der Waals surface area contributed by atoms with E-state index in [0.29, 0.717) is 24.7 Å². The summed E-state index contributed by atoms with van der Waals surface area (Å²) in [4.78, 5) is 1.66. The molecule has 4 rings (SSSR count). The average molecular weight is 388 g/mol. The molecule has 0 atom stereocenters. The summed E-state index contributed by atoms with van der Waals surface area (Å²) in [5.41, 5.74) is 0. The maximum absolute atomic E-state index is 13.9. The third kappa shape index (κ3) is 3.40. The van der Waals surface area contributed by atoms with E-state index in [2.05, 4.69) is 15.3 Å². The second-order valence-corrected chi connectivity index (χ2v) is 7.93. The monoisotopic (exact) mass is 388 g/mol. The van der Waals surface area contributed by atoms with Crippen molar-refractivity contribution in [3.05, 3.63) is 60.7 Å². The highest BCUT2D eigenvalue weighted by Gasteiger charge is 2.30. The molecule has 1 fully saturated rings. The van der Waals surface area contributed by atoms with Crippen LogP contribution in [0.4, 0.5) is 10.2 Å². The van der Waals surface area contributed by atoms with Gasteiger partial charge in [-0.2, -0.15) is 9.40 Å². The number of sulfonamides is 1. The first kappa shape index (κ1) is 17.6. The van der Waals surface area contributed by atoms with Gasteiger partial charge in [-0.25, -0.2) is 17.5 Å². The Labute approximate surface area is 155 Å². The lowest BCUT2D eigenvalue weighted by atomic mass is 10.3. The molecule has 3 aromatic rings. The van der Waals surface area contributed by atoms with Gasteiger partial charge in [0.2, 0.25) is 10.0 Å². The summed E-state index contributed by atoms with van der Waals surface area (Å²) in [6.45, 7) is 1.39. The van der Waals surface area contributed by atoms with Gasteiger partial charge in [-0.1, -0.05) is 12.1 Å². The molecule has 0 unspecified atom stereocenters. The van der Waals surface area contributed by atoms with Crippen molar-refractivity contribution >= 4 is 15.8 Å². The van der Waals surface area contributed by atoms with Crippen molar-refractivity contribution in [2.45, 2.75) is 4.90 Å². The lowest BCUT2D eigenvalue weighted by Crippen LogP contribution is -2.49. The molecule has 0 amide bonds. The van der Waals surface area contributed by atoms with E-state index in [1.807, 2.05) is 11.0 Å². The first-order valence-electron chi connectivity index (χ1n) is 8.39. The molecule has 0 radical (unpaired) electrons. The highest BCUT2D eigenvalue weighted by atomic mass is 32.2. The zero-order valence-corrected chi connectivity index (χ0v) is 15.1. The minimum Gasteiger partial charge on any atom is -0.352 e. The predicted molar refractivity (Wildman–Crippen MR) is 96.5 cm³/mol. The van der Waals surface area contributed by atoms with E-state index < -0.39 is 15.8 Å². The SMILES string of the molecule is O=S(=O)(c1ccccc1F)N1CCN(c2ccc(-n3cccn3)nn2)CC1. The Morgan fingerprint density at radius 3 is 2.22 bits per heavy atom. The first-order valence-corrected chi connectivity index (χ1v) is 9.83. The van der Waals surface area contributed by atoms with Crippen molar-refractivity contribution < 1.29 is 12.8 Å². The van der Waals surface area contributed by atoms with Gasteiger partial charge < -0.3 is 4.90 Å². The van der Waals surface area contributed by atoms with Crippen LogP contribution in [0.5, 0.6) is 0 Å². The Morgan fingerprint density at radius 2 is 1.59 bits per heavy atom. The van der Waals surface area contributed by atoms with Gasteiger partial charge in [0.1, 0.15) is 10.7 Å². The van der Waals surface area contributed by atoms with Crippen molar-refractivity contribution in [3.63, 3.8) is 0 Å². The number of rotatable bonds is 4. The molecule has 3 heterocycles. The predicted octanol–water partition coefficient (Wildman–Crippen LogP) is 1.31. The molecule has 1 aromatic carbocycles. The molecule has 140 valence electrons. The third-order valence-corrected chi connectivity index (χ3v) is 6.32. The van der Waals surface area contributed by atoms with Crippen molar-refractivity contribution in [2.75, 3.05) is 31.1 Å². The Morgan fingerprint density at radius 1 is 0.889 bits per heavy atom. The molecule has 1 saturated heterocycles. The molecular weight excluding hydrogens is 371 g/mol. The molecule has 0 spiro atoms. The fourth-order valence-corrected chi connectivity index (χ4v) is 4.45. The fraction of sp³-hybridized carbons (Fsp3) is 0.235. The number of aromatic nitrogens is 4. The van der Waals surface area contributed by atoms with Crippen LogP contribution < -0.4 is 4.90 Å². The summed E-state index contributed by atoms with van der Waals surface area (Å²) < 4.78 is 42.1. The summed E-state index contributed by atoms with van der Waals surface area (Å²) >= 11 is 0. The van der Waals surface area contributed by atoms with Gasteiger partial charge in [0.05, 0.1) is 0 Å². The smallest absolute Gasteiger partial charge is 0.246 e. The average Bonchev–Trinajstić information content (AvgIpc) is 3.23. The number of halogens is 1. The summed E-state index contributed by atoms with van der Waals surface area (Å²) in [5, 5.41) is 12.5. The molecule has 0 N–H and O–H groups in total. The van der Waals surface area contributed by atoms with Gasteiger partial charge in [-0.05, 0) is 30.3 Å². The summed E-state index contributed by atoms with van der Waals surface area (Å²) in [5.74, 6) is 0.526. The molecule has 1 aliphatic rings. The zero-order chi connectivity index (χ0) is 18.9. The standard InChI is InChI=1S/C17H17FN6O2S/c18-14-4-1-2-5-15(14)27(25,26)23-12-10-22(11-13-23)16-6-7-17(21-20-16)24-9-3-8-19-24/h1-9H,10-13H2. The fourth-order valence-electron chi connectivity index (χ4n) is 2.96. The quantitative estimate of drug-likeness (QED) is 0.670. The third-order valence-electron chi connectivity index (χ3n) is 4.39. The Hall–Kier alpha value is -2.85. The highest BCUT2D eigenvalue weighted by molar-refractivity contribution is 7.89. The van der Waals surface area contributed by atoms with Gasteiger partial charge in [-0.3, -0.25) is 0 Å². The largest absolute Gasteiger partial charge is 0.352 e. The molecule has 0 aliphatic carbocycles. The number of benzene rings is 1. The molecule has 10 heteroatoms. The van der Waals surface area contributed by atoms with Crippen LogP contribution in [-0.4, -0.2) is 58.9 Å². The molecule has 27 heavy (non-hydrogen) atoms. The number of anilines is 1. The molecular formula is C17H17FN6O2S. The molecule has 8 nitrogen and oxygen atoms in total. The van der Waals surface area contributed by atoms with Crippen molar-refractivity contribution in [1.29, 1.82) is 0 Å². The van der Waals surface area contributed by atoms with Crippen LogP contribution in [0.25, 0.3) is 5.82 Å². The van der Waals surface area contributed by atoms with Crippen molar-refractivity contribution in [2.24, 2.45) is 0 Å². The maximum Gasteiger partial charge on any atom is 0.246 e. The van der Waals surface area contributed by atoms with Crippen LogP contribution in [0, 0.1) is 5.82 Å². The van der Waals surface area contributed by atoms with Gasteiger partial charge in [0.15, 0.2) is 11.6 Å². The van der Waals surface area contributed by atoms with E-state index in [4.69, 9.17) is 0 Å². The molecule has 0 saturated carbocycles. The Balaban J connectivity index is 1.45. The van der Waals surface area contributed by atoms with Gasteiger partial charge in [0, 0.05) is 38.6 Å². The van der Waals surface area contributed by atoms with E-state index in [9.17, 15) is 12.8 Å². The van der Waals surface area contributed by atoms with Gasteiger partial charge >= 0.3 is 0 Å². The van der Waals surface area contributed by atoms with Crippen molar-refractivity contribution in [3.8, 4) is 5.82 Å². The van der Waals surface area contributed by atoms with Crippen LogP contribution in [0.3, 0.4) is 0 Å². The van der Waals surface area contributed by atoms with Crippen LogP contribution in [0.1, 0.15) is 0 Å². The normalized spacial score (nSPS) is 15.8. The lowest BCUT2D eigenvalue weighted by molar-refractivity contribution is 0.381. The Bertz CT molecular complexity index is 1020. The van der Waals surface area contributed by atoms with Crippen molar-refractivity contribution in [1.82, 2.24) is 24.3 Å². The van der Waals surface area contributed by atoms with E-state index in [-0.39, 0.29) is 18.0 Å². The first-order chi connectivity index (χ1) is 13.1. The summed E-state index contributed by atoms with van der Waals surface area (Å²) in [6, 6.07) is 10.9.